The number of carboxylic acid groups (broad SMARTS) is 1. The first-order chi connectivity index (χ1) is 25.5. The van der Waals surface area contributed by atoms with Gasteiger partial charge >= 0.3 is 5.97 Å². The van der Waals surface area contributed by atoms with Gasteiger partial charge in [0.2, 0.25) is 0 Å². The van der Waals surface area contributed by atoms with Crippen molar-refractivity contribution >= 4 is 40.8 Å². The van der Waals surface area contributed by atoms with Crippen molar-refractivity contribution in [1.29, 1.82) is 0 Å². The molecule has 2 fully saturated rings. The zero-order valence-corrected chi connectivity index (χ0v) is 32.5. The maximum absolute atomic E-state index is 12.1. The molecule has 0 bridgehead atoms. The Morgan fingerprint density at radius 1 is 0.792 bits per heavy atom. The number of benzene rings is 4. The molecule has 4 aromatic rings. The summed E-state index contributed by atoms with van der Waals surface area (Å²) < 4.78 is 19.0. The lowest BCUT2D eigenvalue weighted by Crippen LogP contribution is -2.44. The third-order valence-corrected chi connectivity index (χ3v) is 11.0. The Hall–Kier alpha value is -3.50. The number of nitrogens with zero attached hydrogens (tertiary/aromatic N) is 2. The van der Waals surface area contributed by atoms with E-state index < -0.39 is 12.0 Å². The molecule has 11 heteroatoms. The molecule has 2 N–H and O–H groups in total. The molecule has 2 aliphatic rings. The highest BCUT2D eigenvalue weighted by molar-refractivity contribution is 6.34. The van der Waals surface area contributed by atoms with Crippen molar-refractivity contribution in [1.82, 2.24) is 9.80 Å². The van der Waals surface area contributed by atoms with E-state index in [1.807, 2.05) is 29.2 Å². The third kappa shape index (κ3) is 10.2. The van der Waals surface area contributed by atoms with Crippen molar-refractivity contribution in [3.8, 4) is 28.4 Å². The Kier molecular flexibility index (Phi) is 13.5. The topological polar surface area (TPSA) is 91.7 Å². The van der Waals surface area contributed by atoms with E-state index in [1.165, 1.54) is 0 Å². The molecule has 2 saturated heterocycles. The molecule has 0 amide bonds. The molecule has 4 aromatic carbocycles. The van der Waals surface area contributed by atoms with Crippen LogP contribution < -0.4 is 14.2 Å². The molecule has 6 rings (SSSR count). The Bertz CT molecular complexity index is 1890. The van der Waals surface area contributed by atoms with E-state index in [0.29, 0.717) is 52.7 Å². The maximum atomic E-state index is 12.1. The van der Waals surface area contributed by atoms with Gasteiger partial charge in [0.05, 0.1) is 17.7 Å². The second-order valence-corrected chi connectivity index (χ2v) is 15.3. The quantitative estimate of drug-likeness (QED) is 0.115. The van der Waals surface area contributed by atoms with Crippen LogP contribution in [-0.4, -0.2) is 70.9 Å². The fourth-order valence-electron chi connectivity index (χ4n) is 7.31. The van der Waals surface area contributed by atoms with E-state index in [4.69, 9.17) is 49.0 Å². The first-order valence-electron chi connectivity index (χ1n) is 18.3. The summed E-state index contributed by atoms with van der Waals surface area (Å²) in [6.45, 7) is 8.91. The minimum atomic E-state index is -0.825. The van der Waals surface area contributed by atoms with Crippen LogP contribution in [0.15, 0.2) is 66.7 Å². The van der Waals surface area contributed by atoms with Gasteiger partial charge in [0.15, 0.2) is 0 Å². The highest BCUT2D eigenvalue weighted by atomic mass is 35.5. The van der Waals surface area contributed by atoms with Crippen LogP contribution in [0.1, 0.15) is 59.9 Å². The van der Waals surface area contributed by atoms with Crippen molar-refractivity contribution in [2.24, 2.45) is 0 Å². The van der Waals surface area contributed by atoms with Crippen molar-refractivity contribution in [3.05, 3.63) is 110 Å². The second kappa shape index (κ2) is 18.2. The van der Waals surface area contributed by atoms with Gasteiger partial charge in [-0.05, 0) is 110 Å². The Morgan fingerprint density at radius 3 is 2.26 bits per heavy atom. The van der Waals surface area contributed by atoms with Crippen LogP contribution in [0.5, 0.6) is 17.2 Å². The number of hydrogen-bond donors (Lipinski definition) is 2. The monoisotopic (exact) mass is 780 g/mol. The van der Waals surface area contributed by atoms with Crippen molar-refractivity contribution in [2.45, 2.75) is 77.9 Å². The van der Waals surface area contributed by atoms with Crippen LogP contribution in [0.4, 0.5) is 0 Å². The highest BCUT2D eigenvalue weighted by Crippen LogP contribution is 2.37. The van der Waals surface area contributed by atoms with Gasteiger partial charge in [0.1, 0.15) is 36.5 Å². The molecular weight excluding hydrogens is 735 g/mol. The van der Waals surface area contributed by atoms with E-state index in [0.717, 1.165) is 90.0 Å². The Labute approximate surface area is 327 Å². The summed E-state index contributed by atoms with van der Waals surface area (Å²) in [5, 5.41) is 21.1. The zero-order valence-electron chi connectivity index (χ0n) is 30.3. The number of likely N-dealkylation sites (tertiary alicyclic amines) is 2. The average molecular weight is 782 g/mol. The number of hydrogen-bond acceptors (Lipinski definition) is 7. The van der Waals surface area contributed by atoms with Gasteiger partial charge in [0, 0.05) is 47.9 Å². The minimum absolute atomic E-state index is 0.197. The normalized spacial score (nSPS) is 17.9. The van der Waals surface area contributed by atoms with Gasteiger partial charge in [0.25, 0.3) is 0 Å². The van der Waals surface area contributed by atoms with Crippen molar-refractivity contribution in [2.75, 3.05) is 32.8 Å². The van der Waals surface area contributed by atoms with Crippen molar-refractivity contribution in [3.63, 3.8) is 0 Å². The summed E-state index contributed by atoms with van der Waals surface area (Å²) >= 11 is 19.4. The van der Waals surface area contributed by atoms with Crippen LogP contribution in [0, 0.1) is 13.8 Å². The number of ether oxygens (including phenoxy) is 3. The molecule has 2 heterocycles. The molecule has 0 radical (unpaired) electrons. The zero-order chi connectivity index (χ0) is 37.5. The standard InChI is InChI=1S/C42H47Cl3N2O6/c1-27-30(8-5-9-35(27)36-10-6-12-39(28(36)2)51-17-7-14-46-16-13-34(48)24-46)26-53-41-22-40(52-25-29-18-32(43)21-33(44)19-29)31(20-37(41)45)23-47-15-4-3-11-38(47)42(49)50/h5-6,8-10,12,18-22,34,38,48H,3-4,7,11,13-17,23-26H2,1-2H3,(H,49,50). The highest BCUT2D eigenvalue weighted by Gasteiger charge is 2.29. The van der Waals surface area contributed by atoms with E-state index in [2.05, 4.69) is 36.9 Å². The molecule has 0 spiro atoms. The number of aliphatic carboxylic acids is 1. The largest absolute Gasteiger partial charge is 0.493 e. The number of halogens is 3. The molecule has 282 valence electrons. The summed E-state index contributed by atoms with van der Waals surface area (Å²) in [5.74, 6) is 1.05. The molecule has 0 saturated carbocycles. The maximum Gasteiger partial charge on any atom is 0.320 e. The van der Waals surface area contributed by atoms with E-state index in [9.17, 15) is 15.0 Å². The molecule has 0 aromatic heterocycles. The smallest absolute Gasteiger partial charge is 0.320 e. The first-order valence-corrected chi connectivity index (χ1v) is 19.4. The summed E-state index contributed by atoms with van der Waals surface area (Å²) in [5.41, 5.74) is 6.94. The van der Waals surface area contributed by atoms with E-state index in [-0.39, 0.29) is 19.3 Å². The molecule has 8 nitrogen and oxygen atoms in total. The van der Waals surface area contributed by atoms with Crippen LogP contribution in [0.25, 0.3) is 11.1 Å². The second-order valence-electron chi connectivity index (χ2n) is 14.0. The van der Waals surface area contributed by atoms with Gasteiger partial charge in [-0.15, -0.1) is 0 Å². The summed E-state index contributed by atoms with van der Waals surface area (Å²) in [6.07, 6.45) is 3.94. The van der Waals surface area contributed by atoms with Gasteiger partial charge in [-0.1, -0.05) is 71.6 Å². The SMILES string of the molecule is Cc1c(COc2cc(OCc3cc(Cl)cc(Cl)c3)c(CN3CCCCC3C(=O)O)cc2Cl)cccc1-c1cccc(OCCCN2CCC(O)C2)c1C. The third-order valence-electron chi connectivity index (χ3n) is 10.2. The van der Waals surface area contributed by atoms with E-state index >= 15 is 0 Å². The summed E-state index contributed by atoms with van der Waals surface area (Å²) in [7, 11) is 0. The molecular formula is C42H47Cl3N2O6. The minimum Gasteiger partial charge on any atom is -0.493 e. The van der Waals surface area contributed by atoms with E-state index in [1.54, 1.807) is 24.3 Å². The number of β-amino-alcohol motifs (C(OH)–C–C–N with tert-alkyl or cyclic N) is 1. The van der Waals surface area contributed by atoms with Gasteiger partial charge < -0.3 is 29.3 Å². The number of carboxylic acids is 1. The predicted octanol–water partition coefficient (Wildman–Crippen LogP) is 9.36. The summed E-state index contributed by atoms with van der Waals surface area (Å²) in [6, 6.07) is 20.7. The number of rotatable bonds is 15. The number of aliphatic hydroxyl groups is 1. The number of piperidine rings is 1. The van der Waals surface area contributed by atoms with Crippen LogP contribution in [0.3, 0.4) is 0 Å². The van der Waals surface area contributed by atoms with Crippen molar-refractivity contribution < 1.29 is 29.2 Å². The molecule has 2 atom stereocenters. The lowest BCUT2D eigenvalue weighted by Gasteiger charge is -2.33. The molecule has 2 aliphatic heterocycles. The fraction of sp³-hybridized carbons (Fsp3) is 0.405. The average Bonchev–Trinajstić information content (AvgIpc) is 3.55. The first kappa shape index (κ1) is 39.2. The Morgan fingerprint density at radius 2 is 1.53 bits per heavy atom. The van der Waals surface area contributed by atoms with Gasteiger partial charge in [-0.3, -0.25) is 9.69 Å². The van der Waals surface area contributed by atoms with Crippen LogP contribution >= 0.6 is 34.8 Å². The number of aliphatic hydroxyl groups excluding tert-OH is 1. The lowest BCUT2D eigenvalue weighted by atomic mass is 9.93. The predicted molar refractivity (Wildman–Crippen MR) is 211 cm³/mol. The fourth-order valence-corrected chi connectivity index (χ4v) is 8.13. The molecule has 0 aliphatic carbocycles. The Balaban J connectivity index is 1.18. The van der Waals surface area contributed by atoms with Crippen LogP contribution in [0.2, 0.25) is 15.1 Å². The molecule has 53 heavy (non-hydrogen) atoms. The lowest BCUT2D eigenvalue weighted by molar-refractivity contribution is -0.144. The molecule has 2 unspecified atom stereocenters. The van der Waals surface area contributed by atoms with Crippen LogP contribution in [-0.2, 0) is 24.6 Å². The number of carbonyl (C=O) groups is 1. The van der Waals surface area contributed by atoms with Gasteiger partial charge in [-0.2, -0.15) is 0 Å². The summed E-state index contributed by atoms with van der Waals surface area (Å²) in [4.78, 5) is 16.3. The van der Waals surface area contributed by atoms with Gasteiger partial charge in [-0.25, -0.2) is 0 Å².